The third-order valence-electron chi connectivity index (χ3n) is 4.03. The number of aromatic nitrogens is 2. The fourth-order valence-corrected chi connectivity index (χ4v) is 3.51. The first-order valence-electron chi connectivity index (χ1n) is 7.57. The highest BCUT2D eigenvalue weighted by Gasteiger charge is 2.22. The van der Waals surface area contributed by atoms with Crippen LogP contribution in [0.15, 0.2) is 17.6 Å². The predicted octanol–water partition coefficient (Wildman–Crippen LogP) is 3.14. The summed E-state index contributed by atoms with van der Waals surface area (Å²) in [5.74, 6) is 0.816. The van der Waals surface area contributed by atoms with E-state index >= 15 is 0 Å². The molecular weight excluding hydrogens is 314 g/mol. The molecule has 1 aliphatic rings. The summed E-state index contributed by atoms with van der Waals surface area (Å²) in [7, 11) is 0. The number of aryl methyl sites for hydroxylation is 2. The molecule has 1 aliphatic heterocycles. The Labute approximate surface area is 138 Å². The van der Waals surface area contributed by atoms with E-state index in [4.69, 9.17) is 0 Å². The minimum Gasteiger partial charge on any atom is -0.359 e. The van der Waals surface area contributed by atoms with E-state index in [-0.39, 0.29) is 5.69 Å². The third-order valence-corrected chi connectivity index (χ3v) is 4.92. The Morgan fingerprint density at radius 3 is 2.70 bits per heavy atom. The SMILES string of the molecule is Cc1csc(NC2CCN(c3cc(C)c([N+](=O)[O-])cn3)CC2)n1. The van der Waals surface area contributed by atoms with Crippen molar-refractivity contribution in [1.82, 2.24) is 9.97 Å². The molecule has 8 heteroatoms. The van der Waals surface area contributed by atoms with E-state index in [0.717, 1.165) is 42.6 Å². The van der Waals surface area contributed by atoms with Crippen LogP contribution in [0.4, 0.5) is 16.6 Å². The van der Waals surface area contributed by atoms with Crippen molar-refractivity contribution in [2.45, 2.75) is 32.7 Å². The molecule has 0 amide bonds. The fraction of sp³-hybridized carbons (Fsp3) is 0.467. The van der Waals surface area contributed by atoms with Crippen LogP contribution in [0, 0.1) is 24.0 Å². The Hall–Kier alpha value is -2.22. The van der Waals surface area contributed by atoms with Crippen LogP contribution < -0.4 is 10.2 Å². The van der Waals surface area contributed by atoms with Gasteiger partial charge in [-0.2, -0.15) is 0 Å². The lowest BCUT2D eigenvalue weighted by atomic mass is 10.1. The maximum atomic E-state index is 10.9. The Morgan fingerprint density at radius 2 is 2.13 bits per heavy atom. The Bertz CT molecular complexity index is 710. The highest BCUT2D eigenvalue weighted by atomic mass is 32.1. The molecule has 3 heterocycles. The highest BCUT2D eigenvalue weighted by molar-refractivity contribution is 7.13. The highest BCUT2D eigenvalue weighted by Crippen LogP contribution is 2.25. The van der Waals surface area contributed by atoms with Crippen molar-refractivity contribution in [3.05, 3.63) is 39.0 Å². The quantitative estimate of drug-likeness (QED) is 0.683. The molecule has 2 aromatic heterocycles. The standard InChI is InChI=1S/C15H19N5O2S/c1-10-7-14(16-8-13(10)20(21)22)19-5-3-12(4-6-19)18-15-17-11(2)9-23-15/h7-9,12H,3-6H2,1-2H3,(H,17,18). The summed E-state index contributed by atoms with van der Waals surface area (Å²) in [6.07, 6.45) is 3.35. The molecule has 0 aromatic carbocycles. The maximum Gasteiger partial charge on any atom is 0.290 e. The second-order valence-electron chi connectivity index (χ2n) is 5.79. The van der Waals surface area contributed by atoms with E-state index in [1.54, 1.807) is 24.3 Å². The first-order valence-corrected chi connectivity index (χ1v) is 8.45. The van der Waals surface area contributed by atoms with Crippen LogP contribution in [0.1, 0.15) is 24.1 Å². The molecule has 23 heavy (non-hydrogen) atoms. The van der Waals surface area contributed by atoms with Crippen molar-refractivity contribution in [3.63, 3.8) is 0 Å². The van der Waals surface area contributed by atoms with E-state index in [0.29, 0.717) is 11.6 Å². The molecule has 1 fully saturated rings. The van der Waals surface area contributed by atoms with Gasteiger partial charge >= 0.3 is 0 Å². The van der Waals surface area contributed by atoms with Gasteiger partial charge in [-0.05, 0) is 32.8 Å². The Balaban J connectivity index is 1.60. The number of nitro groups is 1. The number of thiazole rings is 1. The zero-order valence-corrected chi connectivity index (χ0v) is 14.0. The van der Waals surface area contributed by atoms with Gasteiger partial charge in [0, 0.05) is 30.1 Å². The Morgan fingerprint density at radius 1 is 1.39 bits per heavy atom. The largest absolute Gasteiger partial charge is 0.359 e. The van der Waals surface area contributed by atoms with Gasteiger partial charge in [-0.1, -0.05) is 0 Å². The molecule has 0 atom stereocenters. The van der Waals surface area contributed by atoms with Crippen molar-refractivity contribution >= 4 is 28.0 Å². The monoisotopic (exact) mass is 333 g/mol. The molecule has 122 valence electrons. The molecule has 2 aromatic rings. The molecule has 1 saturated heterocycles. The number of nitrogens with zero attached hydrogens (tertiary/aromatic N) is 4. The third kappa shape index (κ3) is 3.58. The van der Waals surface area contributed by atoms with Crippen LogP contribution in [-0.2, 0) is 0 Å². The zero-order chi connectivity index (χ0) is 16.4. The smallest absolute Gasteiger partial charge is 0.290 e. The first kappa shape index (κ1) is 15.7. The number of anilines is 2. The zero-order valence-electron chi connectivity index (χ0n) is 13.2. The lowest BCUT2D eigenvalue weighted by molar-refractivity contribution is -0.385. The number of pyridine rings is 1. The van der Waals surface area contributed by atoms with Crippen molar-refractivity contribution < 1.29 is 4.92 Å². The van der Waals surface area contributed by atoms with E-state index in [9.17, 15) is 10.1 Å². The number of rotatable bonds is 4. The van der Waals surface area contributed by atoms with Gasteiger partial charge in [0.05, 0.1) is 10.6 Å². The van der Waals surface area contributed by atoms with Crippen LogP contribution in [0.5, 0.6) is 0 Å². The molecule has 3 rings (SSSR count). The minimum absolute atomic E-state index is 0.0736. The molecule has 0 radical (unpaired) electrons. The summed E-state index contributed by atoms with van der Waals surface area (Å²) in [6, 6.07) is 2.21. The van der Waals surface area contributed by atoms with Gasteiger partial charge < -0.3 is 10.2 Å². The summed E-state index contributed by atoms with van der Waals surface area (Å²) >= 11 is 1.63. The van der Waals surface area contributed by atoms with Crippen molar-refractivity contribution in [1.29, 1.82) is 0 Å². The molecule has 0 saturated carbocycles. The second kappa shape index (κ2) is 6.49. The van der Waals surface area contributed by atoms with Crippen molar-refractivity contribution in [2.75, 3.05) is 23.3 Å². The van der Waals surface area contributed by atoms with Gasteiger partial charge in [0.25, 0.3) is 5.69 Å². The average Bonchev–Trinajstić information content (AvgIpc) is 2.92. The minimum atomic E-state index is -0.391. The molecule has 0 aliphatic carbocycles. The van der Waals surface area contributed by atoms with Gasteiger partial charge in [0.1, 0.15) is 12.0 Å². The van der Waals surface area contributed by atoms with Gasteiger partial charge in [0.2, 0.25) is 0 Å². The lowest BCUT2D eigenvalue weighted by Crippen LogP contribution is -2.39. The fourth-order valence-electron chi connectivity index (χ4n) is 2.75. The lowest BCUT2D eigenvalue weighted by Gasteiger charge is -2.33. The number of hydrogen-bond donors (Lipinski definition) is 1. The molecule has 0 spiro atoms. The predicted molar refractivity (Wildman–Crippen MR) is 91.3 cm³/mol. The molecule has 1 N–H and O–H groups in total. The Kier molecular flexibility index (Phi) is 4.42. The van der Waals surface area contributed by atoms with Crippen LogP contribution >= 0.6 is 11.3 Å². The number of piperidine rings is 1. The summed E-state index contributed by atoms with van der Waals surface area (Å²) in [4.78, 5) is 21.3. The molecule has 7 nitrogen and oxygen atoms in total. The van der Waals surface area contributed by atoms with Crippen molar-refractivity contribution in [2.24, 2.45) is 0 Å². The molecule has 0 unspecified atom stereocenters. The normalized spacial score (nSPS) is 15.7. The van der Waals surface area contributed by atoms with E-state index in [1.165, 1.54) is 6.20 Å². The summed E-state index contributed by atoms with van der Waals surface area (Å²) < 4.78 is 0. The summed E-state index contributed by atoms with van der Waals surface area (Å²) in [6.45, 7) is 5.51. The van der Waals surface area contributed by atoms with Gasteiger partial charge in [-0.15, -0.1) is 11.3 Å². The number of hydrogen-bond acceptors (Lipinski definition) is 7. The summed E-state index contributed by atoms with van der Waals surface area (Å²) in [5.41, 5.74) is 1.77. The van der Waals surface area contributed by atoms with E-state index in [1.807, 2.05) is 12.3 Å². The van der Waals surface area contributed by atoms with Crippen LogP contribution in [0.25, 0.3) is 0 Å². The van der Waals surface area contributed by atoms with E-state index < -0.39 is 4.92 Å². The summed E-state index contributed by atoms with van der Waals surface area (Å²) in [5, 5.41) is 17.4. The van der Waals surface area contributed by atoms with Gasteiger partial charge in [0.15, 0.2) is 5.13 Å². The van der Waals surface area contributed by atoms with Crippen LogP contribution in [0.3, 0.4) is 0 Å². The van der Waals surface area contributed by atoms with Crippen LogP contribution in [0.2, 0.25) is 0 Å². The van der Waals surface area contributed by atoms with Crippen molar-refractivity contribution in [3.8, 4) is 0 Å². The maximum absolute atomic E-state index is 10.9. The average molecular weight is 333 g/mol. The topological polar surface area (TPSA) is 84.2 Å². The first-order chi connectivity index (χ1) is 11.0. The van der Waals surface area contributed by atoms with E-state index in [2.05, 4.69) is 20.2 Å². The van der Waals surface area contributed by atoms with Crippen LogP contribution in [-0.4, -0.2) is 34.0 Å². The molecular formula is C15H19N5O2S. The number of nitrogens with one attached hydrogen (secondary N) is 1. The second-order valence-corrected chi connectivity index (χ2v) is 6.64. The van der Waals surface area contributed by atoms with Gasteiger partial charge in [-0.25, -0.2) is 9.97 Å². The molecule has 0 bridgehead atoms. The van der Waals surface area contributed by atoms with Gasteiger partial charge in [-0.3, -0.25) is 10.1 Å².